The predicted molar refractivity (Wildman–Crippen MR) is 62.6 cm³/mol. The number of piperidine rings is 1. The van der Waals surface area contributed by atoms with Crippen LogP contribution < -0.4 is 0 Å². The van der Waals surface area contributed by atoms with Gasteiger partial charge in [0, 0.05) is 18.1 Å². The van der Waals surface area contributed by atoms with Crippen LogP contribution in [0.4, 0.5) is 4.39 Å². The molecule has 1 atom stereocenters. The molecule has 1 aromatic rings. The fraction of sp³-hybridized carbons (Fsp3) is 0.417. The summed E-state index contributed by atoms with van der Waals surface area (Å²) >= 11 is 5.63. The zero-order valence-electron chi connectivity index (χ0n) is 9.20. The van der Waals surface area contributed by atoms with Crippen LogP contribution in [0.25, 0.3) is 0 Å². The predicted octanol–water partition coefficient (Wildman–Crippen LogP) is 2.08. The molecule has 0 unspecified atom stereocenters. The molecular weight excluding hydrogens is 245 g/mol. The number of carbonyl (C=O) groups excluding carboxylic acids is 1. The second kappa shape index (κ2) is 5.02. The van der Waals surface area contributed by atoms with E-state index in [2.05, 4.69) is 0 Å². The monoisotopic (exact) mass is 257 g/mol. The van der Waals surface area contributed by atoms with Gasteiger partial charge in [-0.05, 0) is 31.0 Å². The summed E-state index contributed by atoms with van der Waals surface area (Å²) in [5.41, 5.74) is 0.00324. The molecule has 3 nitrogen and oxygen atoms in total. The molecule has 1 aliphatic heterocycles. The van der Waals surface area contributed by atoms with Gasteiger partial charge in [-0.25, -0.2) is 4.39 Å². The number of amides is 1. The molecule has 17 heavy (non-hydrogen) atoms. The maximum atomic E-state index is 13.6. The van der Waals surface area contributed by atoms with Crippen LogP contribution in [0.5, 0.6) is 0 Å². The summed E-state index contributed by atoms with van der Waals surface area (Å²) in [7, 11) is 0. The van der Waals surface area contributed by atoms with Crippen molar-refractivity contribution in [3.63, 3.8) is 0 Å². The Morgan fingerprint density at radius 2 is 2.29 bits per heavy atom. The summed E-state index contributed by atoms with van der Waals surface area (Å²) in [5, 5.41) is 9.74. The lowest BCUT2D eigenvalue weighted by Gasteiger charge is -2.30. The van der Waals surface area contributed by atoms with Crippen molar-refractivity contribution in [3.05, 3.63) is 34.6 Å². The largest absolute Gasteiger partial charge is 0.391 e. The highest BCUT2D eigenvalue weighted by molar-refractivity contribution is 6.30. The van der Waals surface area contributed by atoms with Gasteiger partial charge >= 0.3 is 0 Å². The van der Waals surface area contributed by atoms with Crippen molar-refractivity contribution < 1.29 is 14.3 Å². The van der Waals surface area contributed by atoms with Crippen molar-refractivity contribution in [3.8, 4) is 0 Å². The lowest BCUT2D eigenvalue weighted by molar-refractivity contribution is 0.0470. The molecule has 0 spiro atoms. The Labute approximate surface area is 104 Å². The van der Waals surface area contributed by atoms with Crippen molar-refractivity contribution >= 4 is 17.5 Å². The van der Waals surface area contributed by atoms with Crippen LogP contribution >= 0.6 is 11.6 Å². The number of likely N-dealkylation sites (tertiary alicyclic amines) is 1. The fourth-order valence-electron chi connectivity index (χ4n) is 1.97. The van der Waals surface area contributed by atoms with Gasteiger partial charge in [0.25, 0.3) is 5.91 Å². The van der Waals surface area contributed by atoms with Gasteiger partial charge in [-0.3, -0.25) is 4.79 Å². The summed E-state index contributed by atoms with van der Waals surface area (Å²) in [4.78, 5) is 13.5. The van der Waals surface area contributed by atoms with E-state index in [9.17, 15) is 14.3 Å². The molecule has 1 saturated heterocycles. The fourth-order valence-corrected chi connectivity index (χ4v) is 2.13. The highest BCUT2D eigenvalue weighted by atomic mass is 35.5. The number of hydrogen-bond donors (Lipinski definition) is 1. The Hall–Kier alpha value is -1.13. The highest BCUT2D eigenvalue weighted by Crippen LogP contribution is 2.18. The Balaban J connectivity index is 2.18. The molecule has 0 radical (unpaired) electrons. The van der Waals surface area contributed by atoms with Crippen LogP contribution in [-0.4, -0.2) is 35.1 Å². The number of hydrogen-bond acceptors (Lipinski definition) is 2. The van der Waals surface area contributed by atoms with E-state index < -0.39 is 17.8 Å². The van der Waals surface area contributed by atoms with E-state index >= 15 is 0 Å². The summed E-state index contributed by atoms with van der Waals surface area (Å²) in [6.07, 6.45) is 0.915. The average Bonchev–Trinajstić information content (AvgIpc) is 2.28. The van der Waals surface area contributed by atoms with Crippen LogP contribution in [0.2, 0.25) is 5.02 Å². The van der Waals surface area contributed by atoms with Gasteiger partial charge in [0.15, 0.2) is 0 Å². The number of nitrogens with zero attached hydrogens (tertiary/aromatic N) is 1. The van der Waals surface area contributed by atoms with E-state index in [0.717, 1.165) is 12.5 Å². The maximum absolute atomic E-state index is 13.6. The molecule has 0 aliphatic carbocycles. The Bertz CT molecular complexity index is 439. The van der Waals surface area contributed by atoms with E-state index in [1.165, 1.54) is 17.0 Å². The Morgan fingerprint density at radius 1 is 1.53 bits per heavy atom. The van der Waals surface area contributed by atoms with Gasteiger partial charge in [-0.1, -0.05) is 11.6 Å². The average molecular weight is 258 g/mol. The Morgan fingerprint density at radius 3 is 2.94 bits per heavy atom. The van der Waals surface area contributed by atoms with E-state index in [0.29, 0.717) is 13.0 Å². The van der Waals surface area contributed by atoms with Crippen LogP contribution in [0.1, 0.15) is 23.2 Å². The minimum absolute atomic E-state index is 0.00324. The molecule has 0 bridgehead atoms. The number of benzene rings is 1. The summed E-state index contributed by atoms with van der Waals surface area (Å²) in [6.45, 7) is 0.818. The number of β-amino-alcohol motifs (C(OH)–C–C–N with tert-alkyl or cyclic N) is 1. The van der Waals surface area contributed by atoms with Gasteiger partial charge in [0.2, 0.25) is 0 Å². The first-order valence-corrected chi connectivity index (χ1v) is 5.88. The van der Waals surface area contributed by atoms with Gasteiger partial charge in [-0.2, -0.15) is 0 Å². The number of rotatable bonds is 1. The molecular formula is C12H13ClFNO2. The molecule has 5 heteroatoms. The van der Waals surface area contributed by atoms with Crippen LogP contribution in [0.15, 0.2) is 18.2 Å². The molecule has 0 saturated carbocycles. The van der Waals surface area contributed by atoms with Crippen molar-refractivity contribution in [2.45, 2.75) is 18.9 Å². The van der Waals surface area contributed by atoms with Crippen molar-refractivity contribution in [2.24, 2.45) is 0 Å². The van der Waals surface area contributed by atoms with Crippen molar-refractivity contribution in [1.82, 2.24) is 4.90 Å². The number of aliphatic hydroxyl groups is 1. The van der Waals surface area contributed by atoms with E-state index in [1.54, 1.807) is 0 Å². The smallest absolute Gasteiger partial charge is 0.256 e. The van der Waals surface area contributed by atoms with E-state index in [-0.39, 0.29) is 17.1 Å². The Kier molecular flexibility index (Phi) is 3.64. The summed E-state index contributed by atoms with van der Waals surface area (Å²) in [6, 6.07) is 3.98. The normalized spacial score (nSPS) is 20.4. The molecule has 1 heterocycles. The highest BCUT2D eigenvalue weighted by Gasteiger charge is 2.24. The molecule has 1 fully saturated rings. The lowest BCUT2D eigenvalue weighted by atomic mass is 10.1. The SMILES string of the molecule is O=C(c1ccc(Cl)cc1F)N1CCC[C@H](O)C1. The van der Waals surface area contributed by atoms with Crippen LogP contribution in [0.3, 0.4) is 0 Å². The van der Waals surface area contributed by atoms with Crippen LogP contribution in [0, 0.1) is 5.82 Å². The molecule has 1 amide bonds. The van der Waals surface area contributed by atoms with Gasteiger partial charge in [0.05, 0.1) is 11.7 Å². The molecule has 1 aromatic carbocycles. The molecule has 1 aliphatic rings. The third-order valence-electron chi connectivity index (χ3n) is 2.85. The topological polar surface area (TPSA) is 40.5 Å². The maximum Gasteiger partial charge on any atom is 0.256 e. The first-order chi connectivity index (χ1) is 8.08. The minimum atomic E-state index is -0.623. The van der Waals surface area contributed by atoms with Gasteiger partial charge < -0.3 is 10.0 Å². The zero-order chi connectivity index (χ0) is 12.4. The van der Waals surface area contributed by atoms with Crippen molar-refractivity contribution in [2.75, 3.05) is 13.1 Å². The third-order valence-corrected chi connectivity index (χ3v) is 3.08. The van der Waals surface area contributed by atoms with Crippen LogP contribution in [-0.2, 0) is 0 Å². The van der Waals surface area contributed by atoms with Gasteiger partial charge in [0.1, 0.15) is 5.82 Å². The lowest BCUT2D eigenvalue weighted by Crippen LogP contribution is -2.42. The minimum Gasteiger partial charge on any atom is -0.391 e. The number of carbonyl (C=O) groups is 1. The molecule has 2 rings (SSSR count). The number of halogens is 2. The van der Waals surface area contributed by atoms with Gasteiger partial charge in [-0.15, -0.1) is 0 Å². The summed E-state index contributed by atoms with van der Waals surface area (Å²) < 4.78 is 13.6. The molecule has 92 valence electrons. The molecule has 1 N–H and O–H groups in total. The quantitative estimate of drug-likeness (QED) is 0.837. The first kappa shape index (κ1) is 12.3. The zero-order valence-corrected chi connectivity index (χ0v) is 9.95. The first-order valence-electron chi connectivity index (χ1n) is 5.50. The molecule has 0 aromatic heterocycles. The number of aliphatic hydroxyl groups excluding tert-OH is 1. The third kappa shape index (κ3) is 2.76. The van der Waals surface area contributed by atoms with E-state index in [1.807, 2.05) is 0 Å². The van der Waals surface area contributed by atoms with E-state index in [4.69, 9.17) is 11.6 Å². The second-order valence-electron chi connectivity index (χ2n) is 4.17. The standard InChI is InChI=1S/C12H13ClFNO2/c13-8-3-4-10(11(14)6-8)12(17)15-5-1-2-9(16)7-15/h3-4,6,9,16H,1-2,5,7H2/t9-/m0/s1. The second-order valence-corrected chi connectivity index (χ2v) is 4.61. The summed E-state index contributed by atoms with van der Waals surface area (Å²) in [5.74, 6) is -1.01. The van der Waals surface area contributed by atoms with Crippen molar-refractivity contribution in [1.29, 1.82) is 0 Å².